The Hall–Kier alpha value is -1.45. The van der Waals surface area contributed by atoms with E-state index in [1.54, 1.807) is 36.0 Å². The zero-order valence-corrected chi connectivity index (χ0v) is 14.5. The van der Waals surface area contributed by atoms with Crippen LogP contribution in [0.5, 0.6) is 0 Å². The lowest BCUT2D eigenvalue weighted by Crippen LogP contribution is -2.12. The highest BCUT2D eigenvalue weighted by Gasteiger charge is 2.12. The van der Waals surface area contributed by atoms with E-state index in [9.17, 15) is 13.2 Å². The number of carbonyl (C=O) groups is 1. The number of rotatable bonds is 6. The Labute approximate surface area is 137 Å². The Bertz CT molecular complexity index is 772. The van der Waals surface area contributed by atoms with Crippen molar-refractivity contribution in [3.05, 3.63) is 35.4 Å². The van der Waals surface area contributed by atoms with Crippen LogP contribution in [-0.4, -0.2) is 36.5 Å². The summed E-state index contributed by atoms with van der Waals surface area (Å²) in [6.45, 7) is 2.01. The molecule has 6 nitrogen and oxygen atoms in total. The third kappa shape index (κ3) is 5.08. The number of aromatic nitrogens is 2. The quantitative estimate of drug-likeness (QED) is 0.631. The van der Waals surface area contributed by atoms with Crippen molar-refractivity contribution in [1.82, 2.24) is 10.2 Å². The maximum atomic E-state index is 12.2. The van der Waals surface area contributed by atoms with E-state index in [2.05, 4.69) is 15.5 Å². The van der Waals surface area contributed by atoms with Crippen LogP contribution in [0.15, 0.2) is 28.6 Å². The number of amides is 1. The van der Waals surface area contributed by atoms with Crippen molar-refractivity contribution < 1.29 is 13.2 Å². The molecule has 1 heterocycles. The summed E-state index contributed by atoms with van der Waals surface area (Å²) in [6, 6.07) is 6.54. The summed E-state index contributed by atoms with van der Waals surface area (Å²) in [5, 5.41) is 11.0. The van der Waals surface area contributed by atoms with Crippen LogP contribution in [0.2, 0.25) is 0 Å². The molecule has 0 aliphatic carbocycles. The van der Waals surface area contributed by atoms with Crippen molar-refractivity contribution in [1.29, 1.82) is 0 Å². The number of thioether (sulfide) groups is 1. The molecule has 0 saturated carbocycles. The smallest absolute Gasteiger partial charge is 0.257 e. The molecule has 2 rings (SSSR count). The third-order valence-electron chi connectivity index (χ3n) is 2.51. The Morgan fingerprint density at radius 1 is 1.36 bits per heavy atom. The largest absolute Gasteiger partial charge is 0.296 e. The second kappa shape index (κ2) is 7.21. The van der Waals surface area contributed by atoms with Gasteiger partial charge < -0.3 is 0 Å². The van der Waals surface area contributed by atoms with Gasteiger partial charge in [0.1, 0.15) is 0 Å². The van der Waals surface area contributed by atoms with E-state index in [0.29, 0.717) is 16.3 Å². The monoisotopic (exact) mass is 357 g/mol. The van der Waals surface area contributed by atoms with Gasteiger partial charge in [0, 0.05) is 11.8 Å². The molecular formula is C13H15N3O3S3. The van der Waals surface area contributed by atoms with Gasteiger partial charge in [0.2, 0.25) is 5.13 Å². The topological polar surface area (TPSA) is 89.0 Å². The average molecular weight is 357 g/mol. The molecule has 1 aromatic carbocycles. The minimum Gasteiger partial charge on any atom is -0.296 e. The molecule has 0 bridgehead atoms. The van der Waals surface area contributed by atoms with Crippen LogP contribution in [0.3, 0.4) is 0 Å². The van der Waals surface area contributed by atoms with Crippen LogP contribution >= 0.6 is 23.1 Å². The highest BCUT2D eigenvalue weighted by Crippen LogP contribution is 2.25. The molecule has 118 valence electrons. The van der Waals surface area contributed by atoms with E-state index in [4.69, 9.17) is 0 Å². The minimum absolute atomic E-state index is 0.0930. The second-order valence-electron chi connectivity index (χ2n) is 4.53. The first-order valence-corrected chi connectivity index (χ1v) is 10.3. The lowest BCUT2D eigenvalue weighted by atomic mass is 10.1. The van der Waals surface area contributed by atoms with Crippen LogP contribution in [-0.2, 0) is 15.6 Å². The van der Waals surface area contributed by atoms with Gasteiger partial charge in [-0.2, -0.15) is 0 Å². The Morgan fingerprint density at radius 2 is 2.14 bits per heavy atom. The molecule has 22 heavy (non-hydrogen) atoms. The number of carbonyl (C=O) groups excluding carboxylic acids is 1. The number of sulfone groups is 1. The fourth-order valence-corrected chi connectivity index (χ4v) is 4.15. The van der Waals surface area contributed by atoms with Gasteiger partial charge in [-0.3, -0.25) is 10.1 Å². The SMILES string of the molecule is CCSc1nnc(NC(=O)c2cccc(CS(C)(=O)=O)c2)s1. The van der Waals surface area contributed by atoms with Gasteiger partial charge in [-0.1, -0.05) is 42.2 Å². The summed E-state index contributed by atoms with van der Waals surface area (Å²) in [4.78, 5) is 12.2. The number of hydrogen-bond donors (Lipinski definition) is 1. The minimum atomic E-state index is -3.14. The molecule has 0 aliphatic heterocycles. The van der Waals surface area contributed by atoms with E-state index in [1.807, 2.05) is 6.92 Å². The molecule has 1 aromatic heterocycles. The van der Waals surface area contributed by atoms with Gasteiger partial charge in [-0.15, -0.1) is 10.2 Å². The Kier molecular flexibility index (Phi) is 5.54. The summed E-state index contributed by atoms with van der Waals surface area (Å²) in [7, 11) is -3.14. The molecule has 0 spiro atoms. The van der Waals surface area contributed by atoms with Crippen molar-refractivity contribution in [2.24, 2.45) is 0 Å². The molecule has 2 aromatic rings. The standard InChI is InChI=1S/C13H15N3O3S3/c1-3-20-13-16-15-12(21-13)14-11(17)10-6-4-5-9(7-10)8-22(2,18)19/h4-7H,3,8H2,1-2H3,(H,14,15,17). The number of hydrogen-bond acceptors (Lipinski definition) is 7. The Morgan fingerprint density at radius 3 is 2.82 bits per heavy atom. The molecule has 0 saturated heterocycles. The van der Waals surface area contributed by atoms with Gasteiger partial charge in [0.15, 0.2) is 14.2 Å². The van der Waals surface area contributed by atoms with Gasteiger partial charge in [0.05, 0.1) is 5.75 Å². The van der Waals surface area contributed by atoms with Crippen LogP contribution in [0, 0.1) is 0 Å². The first-order valence-electron chi connectivity index (χ1n) is 6.41. The normalized spacial score (nSPS) is 11.4. The number of benzene rings is 1. The van der Waals surface area contributed by atoms with Gasteiger partial charge in [-0.25, -0.2) is 8.42 Å². The fraction of sp³-hybridized carbons (Fsp3) is 0.308. The number of anilines is 1. The molecule has 0 radical (unpaired) electrons. The average Bonchev–Trinajstić information content (AvgIpc) is 2.85. The van der Waals surface area contributed by atoms with Crippen LogP contribution in [0.25, 0.3) is 0 Å². The second-order valence-corrected chi connectivity index (χ2v) is 9.16. The third-order valence-corrected chi connectivity index (χ3v) is 5.22. The maximum Gasteiger partial charge on any atom is 0.257 e. The highest BCUT2D eigenvalue weighted by atomic mass is 32.2. The first kappa shape index (κ1) is 16.9. The zero-order chi connectivity index (χ0) is 16.2. The zero-order valence-electron chi connectivity index (χ0n) is 12.1. The lowest BCUT2D eigenvalue weighted by Gasteiger charge is -2.04. The first-order chi connectivity index (χ1) is 10.4. The molecule has 0 aliphatic rings. The Balaban J connectivity index is 2.10. The molecule has 1 N–H and O–H groups in total. The van der Waals surface area contributed by atoms with Crippen LogP contribution in [0.4, 0.5) is 5.13 Å². The maximum absolute atomic E-state index is 12.2. The van der Waals surface area contributed by atoms with Crippen molar-refractivity contribution in [2.75, 3.05) is 17.3 Å². The molecule has 9 heteroatoms. The number of nitrogens with one attached hydrogen (secondary N) is 1. The lowest BCUT2D eigenvalue weighted by molar-refractivity contribution is 0.102. The van der Waals surface area contributed by atoms with Crippen molar-refractivity contribution >= 4 is 44.0 Å². The van der Waals surface area contributed by atoms with E-state index in [0.717, 1.165) is 16.3 Å². The molecule has 0 atom stereocenters. The van der Waals surface area contributed by atoms with Gasteiger partial charge in [0.25, 0.3) is 5.91 Å². The molecule has 0 unspecified atom stereocenters. The summed E-state index contributed by atoms with van der Waals surface area (Å²) in [6.07, 6.45) is 1.16. The summed E-state index contributed by atoms with van der Waals surface area (Å²) in [5.74, 6) is 0.458. The highest BCUT2D eigenvalue weighted by molar-refractivity contribution is 8.01. The predicted molar refractivity (Wildman–Crippen MR) is 89.3 cm³/mol. The van der Waals surface area contributed by atoms with E-state index >= 15 is 0 Å². The van der Waals surface area contributed by atoms with Crippen LogP contribution in [0.1, 0.15) is 22.8 Å². The van der Waals surface area contributed by atoms with E-state index in [-0.39, 0.29) is 11.7 Å². The summed E-state index contributed by atoms with van der Waals surface area (Å²) in [5.41, 5.74) is 0.968. The van der Waals surface area contributed by atoms with Crippen LogP contribution < -0.4 is 5.32 Å². The van der Waals surface area contributed by atoms with E-state index < -0.39 is 9.84 Å². The predicted octanol–water partition coefficient (Wildman–Crippen LogP) is 2.45. The van der Waals surface area contributed by atoms with Gasteiger partial charge >= 0.3 is 0 Å². The number of nitrogens with zero attached hydrogens (tertiary/aromatic N) is 2. The summed E-state index contributed by atoms with van der Waals surface area (Å²) < 4.78 is 23.4. The molecule has 1 amide bonds. The molecular weight excluding hydrogens is 342 g/mol. The van der Waals surface area contributed by atoms with E-state index in [1.165, 1.54) is 11.3 Å². The van der Waals surface area contributed by atoms with Gasteiger partial charge in [-0.05, 0) is 23.4 Å². The molecule has 0 fully saturated rings. The van der Waals surface area contributed by atoms with Crippen molar-refractivity contribution in [2.45, 2.75) is 17.0 Å². The summed E-state index contributed by atoms with van der Waals surface area (Å²) >= 11 is 2.86. The fourth-order valence-electron chi connectivity index (χ4n) is 1.72. The van der Waals surface area contributed by atoms with Crippen molar-refractivity contribution in [3.63, 3.8) is 0 Å². The van der Waals surface area contributed by atoms with Crippen molar-refractivity contribution in [3.8, 4) is 0 Å².